The van der Waals surface area contributed by atoms with Gasteiger partial charge in [-0.3, -0.25) is 14.5 Å². The van der Waals surface area contributed by atoms with Gasteiger partial charge in [-0.05, 0) is 36.8 Å². The average molecular weight is 365 g/mol. The fourth-order valence-corrected chi connectivity index (χ4v) is 3.28. The van der Waals surface area contributed by atoms with Gasteiger partial charge in [-0.15, -0.1) is 11.3 Å². The van der Waals surface area contributed by atoms with Crippen LogP contribution in [0, 0.1) is 6.92 Å². The Bertz CT molecular complexity index is 904. The van der Waals surface area contributed by atoms with Crippen LogP contribution in [0.2, 0.25) is 0 Å². The minimum Gasteiger partial charge on any atom is -0.352 e. The molecule has 0 aliphatic heterocycles. The Labute approximate surface area is 156 Å². The molecule has 3 aromatic rings. The van der Waals surface area contributed by atoms with E-state index >= 15 is 0 Å². The Morgan fingerprint density at radius 3 is 2.35 bits per heavy atom. The highest BCUT2D eigenvalue weighted by Gasteiger charge is 2.22. The van der Waals surface area contributed by atoms with E-state index in [0.717, 1.165) is 16.9 Å². The zero-order valence-corrected chi connectivity index (χ0v) is 15.4. The maximum Gasteiger partial charge on any atom is 0.264 e. The largest absolute Gasteiger partial charge is 0.352 e. The van der Waals surface area contributed by atoms with Gasteiger partial charge in [0.15, 0.2) is 5.13 Å². The summed E-state index contributed by atoms with van der Waals surface area (Å²) in [5.74, 6) is -0.226. The normalized spacial score (nSPS) is 10.4. The third kappa shape index (κ3) is 4.15. The van der Waals surface area contributed by atoms with E-state index in [1.807, 2.05) is 54.8 Å². The third-order valence-electron chi connectivity index (χ3n) is 3.76. The summed E-state index contributed by atoms with van der Waals surface area (Å²) < 4.78 is 0. The molecule has 1 N–H and O–H groups in total. The molecule has 2 amide bonds. The topological polar surface area (TPSA) is 62.3 Å². The van der Waals surface area contributed by atoms with Gasteiger partial charge in [0, 0.05) is 24.4 Å². The summed E-state index contributed by atoms with van der Waals surface area (Å²) in [5.41, 5.74) is 3.15. The molecule has 0 spiro atoms. The van der Waals surface area contributed by atoms with Crippen LogP contribution in [0.3, 0.4) is 0 Å². The highest BCUT2D eigenvalue weighted by molar-refractivity contribution is 7.14. The first-order valence-corrected chi connectivity index (χ1v) is 9.07. The van der Waals surface area contributed by atoms with E-state index in [4.69, 9.17) is 0 Å². The van der Waals surface area contributed by atoms with Gasteiger partial charge >= 0.3 is 0 Å². The molecule has 2 aromatic carbocycles. The van der Waals surface area contributed by atoms with Crippen molar-refractivity contribution < 1.29 is 9.59 Å². The Balaban J connectivity index is 1.89. The Hall–Kier alpha value is -2.99. The van der Waals surface area contributed by atoms with E-state index in [-0.39, 0.29) is 11.8 Å². The third-order valence-corrected chi connectivity index (χ3v) is 4.70. The molecule has 0 saturated heterocycles. The summed E-state index contributed by atoms with van der Waals surface area (Å²) in [6.07, 6.45) is 0. The first-order valence-electron chi connectivity index (χ1n) is 8.19. The second kappa shape index (κ2) is 7.93. The molecule has 132 valence electrons. The van der Waals surface area contributed by atoms with Crippen LogP contribution in [0.5, 0.6) is 0 Å². The number of carbonyl (C=O) groups is 2. The molecule has 0 fully saturated rings. The molecule has 0 atom stereocenters. The van der Waals surface area contributed by atoms with Crippen molar-refractivity contribution in [1.82, 2.24) is 10.3 Å². The van der Waals surface area contributed by atoms with Gasteiger partial charge in [0.25, 0.3) is 5.91 Å². The monoisotopic (exact) mass is 365 g/mol. The molecule has 6 heteroatoms. The predicted octanol–water partition coefficient (Wildman–Crippen LogP) is 4.07. The van der Waals surface area contributed by atoms with Gasteiger partial charge in [-0.2, -0.15) is 0 Å². The molecule has 5 nitrogen and oxygen atoms in total. The molecular weight excluding hydrogens is 346 g/mol. The van der Waals surface area contributed by atoms with Gasteiger partial charge in [0.2, 0.25) is 5.91 Å². The SMILES string of the molecule is CC(=O)NCc1ccc(C(=O)N(c2ccccc2)c2nc(C)cs2)cc1. The molecule has 0 saturated carbocycles. The molecule has 0 unspecified atom stereocenters. The van der Waals surface area contributed by atoms with E-state index in [1.165, 1.54) is 18.3 Å². The van der Waals surface area contributed by atoms with Crippen LogP contribution in [0.25, 0.3) is 0 Å². The lowest BCUT2D eigenvalue weighted by Crippen LogP contribution is -2.26. The number of anilines is 2. The van der Waals surface area contributed by atoms with Crippen LogP contribution < -0.4 is 10.2 Å². The summed E-state index contributed by atoms with van der Waals surface area (Å²) in [7, 11) is 0. The fraction of sp³-hybridized carbons (Fsp3) is 0.150. The molecule has 0 bridgehead atoms. The van der Waals surface area contributed by atoms with Crippen LogP contribution in [0.1, 0.15) is 28.5 Å². The number of rotatable bonds is 5. The highest BCUT2D eigenvalue weighted by Crippen LogP contribution is 2.30. The Morgan fingerprint density at radius 1 is 1.08 bits per heavy atom. The fourth-order valence-electron chi connectivity index (χ4n) is 2.46. The maximum atomic E-state index is 13.2. The van der Waals surface area contributed by atoms with Crippen molar-refractivity contribution in [2.24, 2.45) is 0 Å². The zero-order valence-electron chi connectivity index (χ0n) is 14.6. The number of carbonyl (C=O) groups excluding carboxylic acids is 2. The van der Waals surface area contributed by atoms with E-state index in [2.05, 4.69) is 10.3 Å². The number of nitrogens with zero attached hydrogens (tertiary/aromatic N) is 2. The summed E-state index contributed by atoms with van der Waals surface area (Å²) in [4.78, 5) is 30.3. The van der Waals surface area contributed by atoms with Crippen molar-refractivity contribution in [1.29, 1.82) is 0 Å². The molecule has 3 rings (SSSR count). The zero-order chi connectivity index (χ0) is 18.5. The quantitative estimate of drug-likeness (QED) is 0.741. The smallest absolute Gasteiger partial charge is 0.264 e. The number of hydrogen-bond donors (Lipinski definition) is 1. The van der Waals surface area contributed by atoms with Gasteiger partial charge in [-0.1, -0.05) is 30.3 Å². The van der Waals surface area contributed by atoms with Gasteiger partial charge in [-0.25, -0.2) is 4.98 Å². The van der Waals surface area contributed by atoms with Crippen LogP contribution in [0.4, 0.5) is 10.8 Å². The summed E-state index contributed by atoms with van der Waals surface area (Å²) >= 11 is 1.44. The predicted molar refractivity (Wildman–Crippen MR) is 104 cm³/mol. The number of nitrogens with one attached hydrogen (secondary N) is 1. The molecule has 0 radical (unpaired) electrons. The van der Waals surface area contributed by atoms with Crippen LogP contribution in [-0.4, -0.2) is 16.8 Å². The highest BCUT2D eigenvalue weighted by atomic mass is 32.1. The minimum absolute atomic E-state index is 0.0838. The van der Waals surface area contributed by atoms with E-state index in [1.54, 1.807) is 17.0 Å². The van der Waals surface area contributed by atoms with Crippen LogP contribution >= 0.6 is 11.3 Å². The molecule has 1 aromatic heterocycles. The minimum atomic E-state index is -0.142. The molecular formula is C20H19N3O2S. The lowest BCUT2D eigenvalue weighted by Gasteiger charge is -2.20. The van der Waals surface area contributed by atoms with Gasteiger partial charge in [0.05, 0.1) is 11.4 Å². The molecule has 1 heterocycles. The van der Waals surface area contributed by atoms with E-state index in [0.29, 0.717) is 17.2 Å². The van der Waals surface area contributed by atoms with E-state index in [9.17, 15) is 9.59 Å². The van der Waals surface area contributed by atoms with Crippen molar-refractivity contribution in [2.75, 3.05) is 4.90 Å². The lowest BCUT2D eigenvalue weighted by atomic mass is 10.1. The van der Waals surface area contributed by atoms with Crippen molar-refractivity contribution in [3.05, 3.63) is 76.8 Å². The Morgan fingerprint density at radius 2 is 1.77 bits per heavy atom. The second-order valence-electron chi connectivity index (χ2n) is 5.85. The number of amides is 2. The number of aromatic nitrogens is 1. The van der Waals surface area contributed by atoms with Crippen molar-refractivity contribution in [3.63, 3.8) is 0 Å². The maximum absolute atomic E-state index is 13.2. The van der Waals surface area contributed by atoms with Crippen LogP contribution in [0.15, 0.2) is 60.0 Å². The van der Waals surface area contributed by atoms with Crippen LogP contribution in [-0.2, 0) is 11.3 Å². The number of aryl methyl sites for hydroxylation is 1. The molecule has 26 heavy (non-hydrogen) atoms. The van der Waals surface area contributed by atoms with E-state index < -0.39 is 0 Å². The van der Waals surface area contributed by atoms with Crippen molar-refractivity contribution >= 4 is 34.0 Å². The first kappa shape index (κ1) is 17.8. The summed E-state index contributed by atoms with van der Waals surface area (Å²) in [5, 5.41) is 5.31. The Kier molecular flexibility index (Phi) is 5.43. The lowest BCUT2D eigenvalue weighted by molar-refractivity contribution is -0.119. The second-order valence-corrected chi connectivity index (χ2v) is 6.69. The first-order chi connectivity index (χ1) is 12.5. The van der Waals surface area contributed by atoms with Gasteiger partial charge < -0.3 is 5.32 Å². The van der Waals surface area contributed by atoms with Crippen molar-refractivity contribution in [2.45, 2.75) is 20.4 Å². The summed E-state index contributed by atoms with van der Waals surface area (Å²) in [6, 6.07) is 16.7. The molecule has 0 aliphatic carbocycles. The number of hydrogen-bond acceptors (Lipinski definition) is 4. The number of benzene rings is 2. The average Bonchev–Trinajstić information content (AvgIpc) is 3.07. The van der Waals surface area contributed by atoms with Gasteiger partial charge in [0.1, 0.15) is 0 Å². The van der Waals surface area contributed by atoms with Crippen molar-refractivity contribution in [3.8, 4) is 0 Å². The number of thiazole rings is 1. The summed E-state index contributed by atoms with van der Waals surface area (Å²) in [6.45, 7) is 3.83. The standard InChI is InChI=1S/C20H19N3O2S/c1-14-13-26-20(22-14)23(18-6-4-3-5-7-18)19(25)17-10-8-16(9-11-17)12-21-15(2)24/h3-11,13H,12H2,1-2H3,(H,21,24). The number of para-hydroxylation sites is 1. The molecule has 0 aliphatic rings.